The summed E-state index contributed by atoms with van der Waals surface area (Å²) in [5.74, 6) is -1.18. The average molecular weight is 262 g/mol. The molecule has 0 aromatic heterocycles. The monoisotopic (exact) mass is 261 g/mol. The standard InChI is InChI=1S/C8H5BrFNO3/c9-4-8(12)6-2-1-5(10)3-7(6)11(13)14/h1-3H,4H2. The van der Waals surface area contributed by atoms with Crippen LogP contribution in [0, 0.1) is 15.9 Å². The highest BCUT2D eigenvalue weighted by Crippen LogP contribution is 2.20. The molecule has 0 heterocycles. The molecular formula is C8H5BrFNO3. The fraction of sp³-hybridized carbons (Fsp3) is 0.125. The minimum Gasteiger partial charge on any atom is -0.293 e. The van der Waals surface area contributed by atoms with E-state index in [1.807, 2.05) is 0 Å². The summed E-state index contributed by atoms with van der Waals surface area (Å²) in [6.45, 7) is 0. The van der Waals surface area contributed by atoms with Gasteiger partial charge in [0.25, 0.3) is 5.69 Å². The smallest absolute Gasteiger partial charge is 0.283 e. The van der Waals surface area contributed by atoms with Crippen molar-refractivity contribution in [2.45, 2.75) is 0 Å². The second-order valence-electron chi connectivity index (χ2n) is 2.48. The van der Waals surface area contributed by atoms with E-state index in [4.69, 9.17) is 0 Å². The molecule has 1 rings (SSSR count). The van der Waals surface area contributed by atoms with Crippen LogP contribution in [0.5, 0.6) is 0 Å². The van der Waals surface area contributed by atoms with Crippen LogP contribution in [0.15, 0.2) is 18.2 Å². The first-order valence-electron chi connectivity index (χ1n) is 3.59. The molecule has 1 aromatic rings. The van der Waals surface area contributed by atoms with Crippen LogP contribution in [-0.2, 0) is 0 Å². The molecule has 0 unspecified atom stereocenters. The third-order valence-corrected chi connectivity index (χ3v) is 2.09. The molecule has 0 aliphatic heterocycles. The predicted octanol–water partition coefficient (Wildman–Crippen LogP) is 2.31. The van der Waals surface area contributed by atoms with Gasteiger partial charge < -0.3 is 0 Å². The van der Waals surface area contributed by atoms with Crippen LogP contribution in [0.25, 0.3) is 0 Å². The molecule has 0 fully saturated rings. The Bertz CT molecular complexity index is 394. The van der Waals surface area contributed by atoms with Gasteiger partial charge in [-0.1, -0.05) is 15.9 Å². The van der Waals surface area contributed by atoms with Gasteiger partial charge in [-0.15, -0.1) is 0 Å². The first kappa shape index (κ1) is 10.8. The number of carbonyl (C=O) groups is 1. The van der Waals surface area contributed by atoms with Crippen molar-refractivity contribution in [1.29, 1.82) is 0 Å². The van der Waals surface area contributed by atoms with Gasteiger partial charge in [0.15, 0.2) is 5.78 Å². The number of hydrogen-bond donors (Lipinski definition) is 0. The van der Waals surface area contributed by atoms with E-state index in [1.54, 1.807) is 0 Å². The maximum Gasteiger partial charge on any atom is 0.283 e. The van der Waals surface area contributed by atoms with Gasteiger partial charge in [0.05, 0.1) is 21.9 Å². The number of alkyl halides is 1. The van der Waals surface area contributed by atoms with Crippen molar-refractivity contribution in [3.63, 3.8) is 0 Å². The first-order valence-corrected chi connectivity index (χ1v) is 4.71. The Morgan fingerprint density at radius 1 is 1.57 bits per heavy atom. The van der Waals surface area contributed by atoms with E-state index in [-0.39, 0.29) is 10.9 Å². The van der Waals surface area contributed by atoms with E-state index in [0.29, 0.717) is 0 Å². The molecule has 1 aromatic carbocycles. The lowest BCUT2D eigenvalue weighted by molar-refractivity contribution is -0.385. The number of Topliss-reactive ketones (excluding diaryl/α,β-unsaturated/α-hetero) is 1. The highest BCUT2D eigenvalue weighted by Gasteiger charge is 2.19. The highest BCUT2D eigenvalue weighted by atomic mass is 79.9. The van der Waals surface area contributed by atoms with Crippen molar-refractivity contribution in [2.24, 2.45) is 0 Å². The zero-order valence-electron chi connectivity index (χ0n) is 6.87. The summed E-state index contributed by atoms with van der Waals surface area (Å²) in [4.78, 5) is 20.9. The number of carbonyl (C=O) groups excluding carboxylic acids is 1. The first-order chi connectivity index (χ1) is 6.56. The number of ketones is 1. The molecule has 14 heavy (non-hydrogen) atoms. The molecule has 0 spiro atoms. The lowest BCUT2D eigenvalue weighted by Crippen LogP contribution is -2.05. The molecule has 6 heteroatoms. The van der Waals surface area contributed by atoms with Crippen molar-refractivity contribution in [3.8, 4) is 0 Å². The fourth-order valence-corrected chi connectivity index (χ4v) is 1.27. The molecule has 0 aliphatic carbocycles. The molecule has 0 aliphatic rings. The van der Waals surface area contributed by atoms with Crippen LogP contribution in [0.1, 0.15) is 10.4 Å². The van der Waals surface area contributed by atoms with E-state index in [0.717, 1.165) is 18.2 Å². The van der Waals surface area contributed by atoms with Gasteiger partial charge in [-0.2, -0.15) is 0 Å². The normalized spacial score (nSPS) is 9.86. The van der Waals surface area contributed by atoms with E-state index >= 15 is 0 Å². The number of benzene rings is 1. The number of nitrogens with zero attached hydrogens (tertiary/aromatic N) is 1. The van der Waals surface area contributed by atoms with Gasteiger partial charge in [0.1, 0.15) is 5.82 Å². The molecule has 4 nitrogen and oxygen atoms in total. The van der Waals surface area contributed by atoms with Crippen LogP contribution >= 0.6 is 15.9 Å². The Balaban J connectivity index is 3.28. The lowest BCUT2D eigenvalue weighted by Gasteiger charge is -1.99. The largest absolute Gasteiger partial charge is 0.293 e. The Kier molecular flexibility index (Phi) is 3.29. The fourth-order valence-electron chi connectivity index (χ4n) is 0.964. The van der Waals surface area contributed by atoms with E-state index < -0.39 is 22.2 Å². The minimum atomic E-state index is -0.779. The van der Waals surface area contributed by atoms with E-state index in [1.165, 1.54) is 0 Å². The molecule has 0 N–H and O–H groups in total. The second kappa shape index (κ2) is 4.28. The van der Waals surface area contributed by atoms with Gasteiger partial charge in [0.2, 0.25) is 0 Å². The number of nitro benzene ring substituents is 1. The Morgan fingerprint density at radius 2 is 2.21 bits per heavy atom. The summed E-state index contributed by atoms with van der Waals surface area (Å²) in [7, 11) is 0. The van der Waals surface area contributed by atoms with Crippen molar-refractivity contribution in [3.05, 3.63) is 39.7 Å². The molecule has 0 amide bonds. The van der Waals surface area contributed by atoms with Gasteiger partial charge in [-0.3, -0.25) is 14.9 Å². The Labute approximate surface area is 87.0 Å². The highest BCUT2D eigenvalue weighted by molar-refractivity contribution is 9.09. The average Bonchev–Trinajstić information content (AvgIpc) is 2.16. The van der Waals surface area contributed by atoms with Crippen LogP contribution < -0.4 is 0 Å². The quantitative estimate of drug-likeness (QED) is 0.363. The minimum absolute atomic E-state index is 0.0283. The van der Waals surface area contributed by atoms with Gasteiger partial charge >= 0.3 is 0 Å². The lowest BCUT2D eigenvalue weighted by atomic mass is 10.1. The van der Waals surface area contributed by atoms with Crippen LogP contribution in [0.3, 0.4) is 0 Å². The van der Waals surface area contributed by atoms with Crippen LogP contribution in [0.4, 0.5) is 10.1 Å². The summed E-state index contributed by atoms with van der Waals surface area (Å²) in [6, 6.07) is 2.86. The van der Waals surface area contributed by atoms with E-state index in [9.17, 15) is 19.3 Å². The zero-order chi connectivity index (χ0) is 10.7. The molecule has 0 atom stereocenters. The second-order valence-corrected chi connectivity index (χ2v) is 3.04. The third-order valence-electron chi connectivity index (χ3n) is 1.58. The SMILES string of the molecule is O=C(CBr)c1ccc(F)cc1[N+](=O)[O-]. The predicted molar refractivity (Wildman–Crippen MR) is 51.2 cm³/mol. The number of nitro groups is 1. The molecule has 0 saturated heterocycles. The maximum absolute atomic E-state index is 12.6. The van der Waals surface area contributed by atoms with Gasteiger partial charge in [-0.05, 0) is 12.1 Å². The molecular weight excluding hydrogens is 257 g/mol. The van der Waals surface area contributed by atoms with Crippen molar-refractivity contribution in [1.82, 2.24) is 0 Å². The van der Waals surface area contributed by atoms with E-state index in [2.05, 4.69) is 15.9 Å². The molecule has 74 valence electrons. The Hall–Kier alpha value is -1.30. The maximum atomic E-state index is 12.6. The number of hydrogen-bond acceptors (Lipinski definition) is 3. The Morgan fingerprint density at radius 3 is 2.71 bits per heavy atom. The van der Waals surface area contributed by atoms with Crippen molar-refractivity contribution < 1.29 is 14.1 Å². The summed E-state index contributed by atoms with van der Waals surface area (Å²) in [5.41, 5.74) is -0.595. The molecule has 0 saturated carbocycles. The third kappa shape index (κ3) is 2.14. The summed E-state index contributed by atoms with van der Waals surface area (Å²) in [5, 5.41) is 10.4. The van der Waals surface area contributed by atoms with Crippen LogP contribution in [-0.4, -0.2) is 16.0 Å². The summed E-state index contributed by atoms with van der Waals surface area (Å²) >= 11 is 2.89. The zero-order valence-corrected chi connectivity index (χ0v) is 8.45. The molecule has 0 radical (unpaired) electrons. The van der Waals surface area contributed by atoms with Crippen molar-refractivity contribution >= 4 is 27.4 Å². The van der Waals surface area contributed by atoms with Crippen molar-refractivity contribution in [2.75, 3.05) is 5.33 Å². The van der Waals surface area contributed by atoms with Gasteiger partial charge in [-0.25, -0.2) is 4.39 Å². The molecule has 0 bridgehead atoms. The van der Waals surface area contributed by atoms with Crippen LogP contribution in [0.2, 0.25) is 0 Å². The summed E-state index contributed by atoms with van der Waals surface area (Å²) < 4.78 is 12.6. The summed E-state index contributed by atoms with van der Waals surface area (Å²) in [6.07, 6.45) is 0. The number of halogens is 2. The van der Waals surface area contributed by atoms with Gasteiger partial charge in [0, 0.05) is 0 Å². The topological polar surface area (TPSA) is 60.2 Å². The number of rotatable bonds is 3.